The van der Waals surface area contributed by atoms with Gasteiger partial charge in [0.2, 0.25) is 5.76 Å². The zero-order valence-corrected chi connectivity index (χ0v) is 13.2. The summed E-state index contributed by atoms with van der Waals surface area (Å²) < 4.78 is 7.68. The summed E-state index contributed by atoms with van der Waals surface area (Å²) in [5.74, 6) is 1.47. The number of nitrogens with zero attached hydrogens (tertiary/aromatic N) is 4. The first-order valence-corrected chi connectivity index (χ1v) is 7.88. The van der Waals surface area contributed by atoms with Gasteiger partial charge in [0.05, 0.1) is 12.0 Å². The fourth-order valence-corrected chi connectivity index (χ4v) is 3.04. The normalized spacial score (nSPS) is 18.6. The number of hydrogen-bond donors (Lipinski definition) is 0. The molecule has 118 valence electrons. The van der Waals surface area contributed by atoms with Crippen molar-refractivity contribution < 1.29 is 9.21 Å². The summed E-state index contributed by atoms with van der Waals surface area (Å²) in [7, 11) is 0. The topological polar surface area (TPSA) is 64.2 Å². The summed E-state index contributed by atoms with van der Waals surface area (Å²) in [6, 6.07) is 0. The molecule has 0 spiro atoms. The highest BCUT2D eigenvalue weighted by atomic mass is 16.4. The first-order valence-electron chi connectivity index (χ1n) is 7.88. The molecule has 0 N–H and O–H groups in total. The predicted octanol–water partition coefficient (Wildman–Crippen LogP) is 2.29. The average Bonchev–Trinajstić information content (AvgIpc) is 3.16. The Labute approximate surface area is 130 Å². The van der Waals surface area contributed by atoms with E-state index in [-0.39, 0.29) is 5.91 Å². The smallest absolute Gasteiger partial charge is 0.291 e. The molecule has 22 heavy (non-hydrogen) atoms. The quantitative estimate of drug-likeness (QED) is 0.869. The van der Waals surface area contributed by atoms with Crippen LogP contribution in [0.2, 0.25) is 0 Å². The molecule has 0 aliphatic carbocycles. The molecule has 1 aliphatic heterocycles. The Morgan fingerprint density at radius 3 is 3.05 bits per heavy atom. The lowest BCUT2D eigenvalue weighted by atomic mass is 9.97. The van der Waals surface area contributed by atoms with E-state index in [1.54, 1.807) is 6.20 Å². The number of imidazole rings is 1. The molecule has 1 saturated heterocycles. The van der Waals surface area contributed by atoms with Gasteiger partial charge < -0.3 is 13.9 Å². The van der Waals surface area contributed by atoms with Crippen molar-refractivity contribution in [3.63, 3.8) is 0 Å². The van der Waals surface area contributed by atoms with Gasteiger partial charge in [0, 0.05) is 38.4 Å². The van der Waals surface area contributed by atoms with Crippen LogP contribution in [0.15, 0.2) is 23.1 Å². The minimum atomic E-state index is -0.0277. The van der Waals surface area contributed by atoms with Crippen LogP contribution >= 0.6 is 0 Å². The summed E-state index contributed by atoms with van der Waals surface area (Å²) in [5, 5.41) is 0. The van der Waals surface area contributed by atoms with Crippen LogP contribution in [0.4, 0.5) is 0 Å². The maximum Gasteiger partial charge on any atom is 0.291 e. The molecule has 0 saturated carbocycles. The van der Waals surface area contributed by atoms with E-state index in [2.05, 4.69) is 14.5 Å². The van der Waals surface area contributed by atoms with Gasteiger partial charge in [-0.25, -0.2) is 9.97 Å². The summed E-state index contributed by atoms with van der Waals surface area (Å²) in [6.45, 7) is 6.27. The Hall–Kier alpha value is -2.11. The Balaban J connectivity index is 1.68. The monoisotopic (exact) mass is 302 g/mol. The zero-order valence-electron chi connectivity index (χ0n) is 13.2. The van der Waals surface area contributed by atoms with E-state index in [0.29, 0.717) is 29.7 Å². The molecule has 1 atom stereocenters. The van der Waals surface area contributed by atoms with Crippen LogP contribution in [0, 0.1) is 12.8 Å². The predicted molar refractivity (Wildman–Crippen MR) is 81.5 cm³/mol. The highest BCUT2D eigenvalue weighted by molar-refractivity contribution is 5.92. The van der Waals surface area contributed by atoms with Crippen molar-refractivity contribution in [2.24, 2.45) is 5.92 Å². The van der Waals surface area contributed by atoms with E-state index in [0.717, 1.165) is 32.5 Å². The van der Waals surface area contributed by atoms with Gasteiger partial charge in [0.15, 0.2) is 5.89 Å². The number of carbonyl (C=O) groups is 1. The van der Waals surface area contributed by atoms with Crippen molar-refractivity contribution in [2.75, 3.05) is 13.1 Å². The SMILES string of the molecule is CCc1nc(C)c(C(=O)N2CCC[C@@H](Cn3ccnc3)C2)o1. The molecular weight excluding hydrogens is 280 g/mol. The van der Waals surface area contributed by atoms with Gasteiger partial charge in [-0.15, -0.1) is 0 Å². The van der Waals surface area contributed by atoms with Crippen LogP contribution in [-0.2, 0) is 13.0 Å². The summed E-state index contributed by atoms with van der Waals surface area (Å²) in [6.07, 6.45) is 8.45. The molecule has 0 aromatic carbocycles. The molecule has 1 fully saturated rings. The molecule has 1 aliphatic rings. The van der Waals surface area contributed by atoms with Gasteiger partial charge in [-0.3, -0.25) is 4.79 Å². The first kappa shape index (κ1) is 14.8. The maximum atomic E-state index is 12.7. The molecule has 2 aromatic rings. The van der Waals surface area contributed by atoms with Crippen LogP contribution in [0.3, 0.4) is 0 Å². The van der Waals surface area contributed by atoms with E-state index in [1.165, 1.54) is 0 Å². The van der Waals surface area contributed by atoms with E-state index >= 15 is 0 Å². The first-order chi connectivity index (χ1) is 10.7. The number of oxazole rings is 1. The van der Waals surface area contributed by atoms with E-state index in [4.69, 9.17) is 4.42 Å². The van der Waals surface area contributed by atoms with Crippen LogP contribution in [0.5, 0.6) is 0 Å². The van der Waals surface area contributed by atoms with Gasteiger partial charge in [0.25, 0.3) is 5.91 Å². The summed E-state index contributed by atoms with van der Waals surface area (Å²) in [4.78, 5) is 22.9. The highest BCUT2D eigenvalue weighted by Crippen LogP contribution is 2.22. The zero-order chi connectivity index (χ0) is 15.5. The Morgan fingerprint density at radius 1 is 1.50 bits per heavy atom. The summed E-state index contributed by atoms with van der Waals surface area (Å²) >= 11 is 0. The molecule has 0 unspecified atom stereocenters. The number of rotatable bonds is 4. The van der Waals surface area contributed by atoms with E-state index < -0.39 is 0 Å². The van der Waals surface area contributed by atoms with Crippen LogP contribution in [-0.4, -0.2) is 38.4 Å². The molecule has 2 aromatic heterocycles. The average molecular weight is 302 g/mol. The summed E-state index contributed by atoms with van der Waals surface area (Å²) in [5.41, 5.74) is 0.693. The van der Waals surface area contributed by atoms with Crippen molar-refractivity contribution in [3.8, 4) is 0 Å². The number of aryl methyl sites for hydroxylation is 2. The van der Waals surface area contributed by atoms with E-state index in [9.17, 15) is 4.79 Å². The standard InChI is InChI=1S/C16H22N4O2/c1-3-14-18-12(2)15(22-14)16(21)20-7-4-5-13(10-20)9-19-8-6-17-11-19/h6,8,11,13H,3-5,7,9-10H2,1-2H3/t13-/m0/s1. The third-order valence-electron chi connectivity index (χ3n) is 4.17. The molecule has 3 heterocycles. The second-order valence-electron chi connectivity index (χ2n) is 5.89. The van der Waals surface area contributed by atoms with Crippen molar-refractivity contribution in [3.05, 3.63) is 36.1 Å². The lowest BCUT2D eigenvalue weighted by Crippen LogP contribution is -2.41. The number of aromatic nitrogens is 3. The number of piperidine rings is 1. The van der Waals surface area contributed by atoms with Gasteiger partial charge in [-0.05, 0) is 25.7 Å². The number of hydrogen-bond acceptors (Lipinski definition) is 4. The third-order valence-corrected chi connectivity index (χ3v) is 4.17. The van der Waals surface area contributed by atoms with Crippen molar-refractivity contribution in [1.29, 1.82) is 0 Å². The number of carbonyl (C=O) groups excluding carboxylic acids is 1. The maximum absolute atomic E-state index is 12.7. The lowest BCUT2D eigenvalue weighted by molar-refractivity contribution is 0.0627. The second-order valence-corrected chi connectivity index (χ2v) is 5.89. The highest BCUT2D eigenvalue weighted by Gasteiger charge is 2.28. The Kier molecular flexibility index (Phi) is 4.27. The Morgan fingerprint density at radius 2 is 2.36 bits per heavy atom. The van der Waals surface area contributed by atoms with Gasteiger partial charge >= 0.3 is 0 Å². The minimum Gasteiger partial charge on any atom is -0.435 e. The third kappa shape index (κ3) is 3.05. The van der Waals surface area contributed by atoms with Crippen molar-refractivity contribution >= 4 is 5.91 Å². The van der Waals surface area contributed by atoms with E-state index in [1.807, 2.05) is 31.3 Å². The molecule has 0 radical (unpaired) electrons. The number of amides is 1. The fraction of sp³-hybridized carbons (Fsp3) is 0.562. The molecule has 6 heteroatoms. The van der Waals surface area contributed by atoms with Gasteiger partial charge in [0.1, 0.15) is 0 Å². The molecule has 0 bridgehead atoms. The molecular formula is C16H22N4O2. The fourth-order valence-electron chi connectivity index (χ4n) is 3.04. The van der Waals surface area contributed by atoms with Gasteiger partial charge in [-0.2, -0.15) is 0 Å². The van der Waals surface area contributed by atoms with Crippen LogP contribution in [0.25, 0.3) is 0 Å². The van der Waals surface area contributed by atoms with Crippen LogP contribution in [0.1, 0.15) is 41.9 Å². The second kappa shape index (κ2) is 6.34. The molecule has 3 rings (SSSR count). The van der Waals surface area contributed by atoms with Crippen molar-refractivity contribution in [1.82, 2.24) is 19.4 Å². The minimum absolute atomic E-state index is 0.0277. The van der Waals surface area contributed by atoms with Crippen LogP contribution < -0.4 is 0 Å². The largest absolute Gasteiger partial charge is 0.435 e. The number of likely N-dealkylation sites (tertiary alicyclic amines) is 1. The molecule has 1 amide bonds. The molecule has 6 nitrogen and oxygen atoms in total. The van der Waals surface area contributed by atoms with Gasteiger partial charge in [-0.1, -0.05) is 6.92 Å². The lowest BCUT2D eigenvalue weighted by Gasteiger charge is -2.32. The van der Waals surface area contributed by atoms with Crippen molar-refractivity contribution in [2.45, 2.75) is 39.7 Å². The Bertz CT molecular complexity index is 633.